The van der Waals surface area contributed by atoms with Gasteiger partial charge in [-0.2, -0.15) is 15.5 Å². The van der Waals surface area contributed by atoms with E-state index in [-0.39, 0.29) is 11.4 Å². The third-order valence-corrected chi connectivity index (χ3v) is 4.45. The lowest BCUT2D eigenvalue weighted by Gasteiger charge is -2.13. The monoisotopic (exact) mass is 367 g/mol. The number of rotatable bonds is 5. The first-order chi connectivity index (χ1) is 13.8. The van der Waals surface area contributed by atoms with E-state index in [9.17, 15) is 5.26 Å². The standard InChI is InChI=1S/C21H17N7/c22-12-16-20(23)25-13-26-21(16)24-11-10-18-19(14-6-2-1-3-7-14)15-8-4-5-9-17(15)27-28-18/h1-9,13H,10-11H2,(H3,23,24,25,26). The molecule has 7 nitrogen and oxygen atoms in total. The second kappa shape index (κ2) is 7.68. The second-order valence-electron chi connectivity index (χ2n) is 6.18. The number of fused-ring (bicyclic) bond motifs is 1. The summed E-state index contributed by atoms with van der Waals surface area (Å²) in [5, 5.41) is 22.3. The summed E-state index contributed by atoms with van der Waals surface area (Å²) in [4.78, 5) is 7.96. The van der Waals surface area contributed by atoms with Gasteiger partial charge < -0.3 is 11.1 Å². The molecule has 0 fully saturated rings. The van der Waals surface area contributed by atoms with Gasteiger partial charge in [-0.05, 0) is 11.6 Å². The van der Waals surface area contributed by atoms with Crippen LogP contribution in [0.4, 0.5) is 11.6 Å². The normalized spacial score (nSPS) is 10.5. The van der Waals surface area contributed by atoms with Gasteiger partial charge in [0.1, 0.15) is 29.6 Å². The lowest BCUT2D eigenvalue weighted by atomic mass is 9.98. The van der Waals surface area contributed by atoms with Crippen molar-refractivity contribution in [3.8, 4) is 17.2 Å². The maximum atomic E-state index is 9.25. The first-order valence-electron chi connectivity index (χ1n) is 8.82. The summed E-state index contributed by atoms with van der Waals surface area (Å²) >= 11 is 0. The Kier molecular flexibility index (Phi) is 4.76. The van der Waals surface area contributed by atoms with Gasteiger partial charge in [0, 0.05) is 23.9 Å². The molecule has 7 heteroatoms. The van der Waals surface area contributed by atoms with Crippen LogP contribution in [0, 0.1) is 11.3 Å². The van der Waals surface area contributed by atoms with Crippen molar-refractivity contribution in [3.63, 3.8) is 0 Å². The molecule has 0 aliphatic rings. The molecule has 0 saturated heterocycles. The Morgan fingerprint density at radius 2 is 1.75 bits per heavy atom. The summed E-state index contributed by atoms with van der Waals surface area (Å²) < 4.78 is 0. The summed E-state index contributed by atoms with van der Waals surface area (Å²) in [5.74, 6) is 0.584. The van der Waals surface area contributed by atoms with Gasteiger partial charge in [-0.1, -0.05) is 48.5 Å². The predicted octanol–water partition coefficient (Wildman–Crippen LogP) is 3.20. The van der Waals surface area contributed by atoms with E-state index in [4.69, 9.17) is 5.73 Å². The molecular weight excluding hydrogens is 350 g/mol. The van der Waals surface area contributed by atoms with Gasteiger partial charge in [0.2, 0.25) is 0 Å². The van der Waals surface area contributed by atoms with E-state index >= 15 is 0 Å². The third-order valence-electron chi connectivity index (χ3n) is 4.45. The average molecular weight is 367 g/mol. The van der Waals surface area contributed by atoms with E-state index in [2.05, 4.69) is 43.7 Å². The summed E-state index contributed by atoms with van der Waals surface area (Å²) in [5.41, 5.74) is 9.87. The van der Waals surface area contributed by atoms with Crippen LogP contribution in [-0.4, -0.2) is 26.7 Å². The minimum absolute atomic E-state index is 0.162. The minimum Gasteiger partial charge on any atom is -0.382 e. The Morgan fingerprint density at radius 1 is 0.964 bits per heavy atom. The summed E-state index contributed by atoms with van der Waals surface area (Å²) in [6.07, 6.45) is 1.95. The Bertz CT molecular complexity index is 1170. The highest BCUT2D eigenvalue weighted by atomic mass is 15.1. The molecule has 2 aromatic heterocycles. The number of aromatic nitrogens is 4. The van der Waals surface area contributed by atoms with E-state index < -0.39 is 0 Å². The number of hydrogen-bond acceptors (Lipinski definition) is 7. The molecule has 2 aromatic carbocycles. The van der Waals surface area contributed by atoms with Gasteiger partial charge in [0.25, 0.3) is 0 Å². The minimum atomic E-state index is 0.162. The van der Waals surface area contributed by atoms with E-state index in [1.807, 2.05) is 42.5 Å². The molecule has 28 heavy (non-hydrogen) atoms. The van der Waals surface area contributed by atoms with Crippen molar-refractivity contribution < 1.29 is 0 Å². The zero-order valence-corrected chi connectivity index (χ0v) is 15.0. The van der Waals surface area contributed by atoms with Crippen LogP contribution in [0.15, 0.2) is 60.9 Å². The molecule has 0 bridgehead atoms. The molecule has 0 spiro atoms. The Balaban J connectivity index is 1.67. The van der Waals surface area contributed by atoms with Crippen molar-refractivity contribution in [2.45, 2.75) is 6.42 Å². The number of benzene rings is 2. The van der Waals surface area contributed by atoms with Crippen LogP contribution in [0.5, 0.6) is 0 Å². The fourth-order valence-corrected chi connectivity index (χ4v) is 3.14. The molecule has 0 amide bonds. The van der Waals surface area contributed by atoms with Crippen LogP contribution >= 0.6 is 0 Å². The second-order valence-corrected chi connectivity index (χ2v) is 6.18. The molecule has 4 rings (SSSR count). The highest BCUT2D eigenvalue weighted by Crippen LogP contribution is 2.30. The fourth-order valence-electron chi connectivity index (χ4n) is 3.14. The molecular formula is C21H17N7. The summed E-state index contributed by atoms with van der Waals surface area (Å²) in [7, 11) is 0. The van der Waals surface area contributed by atoms with Gasteiger partial charge in [-0.3, -0.25) is 0 Å². The maximum absolute atomic E-state index is 9.25. The Hall–Kier alpha value is -4.05. The van der Waals surface area contributed by atoms with Crippen molar-refractivity contribution in [1.29, 1.82) is 5.26 Å². The number of nitriles is 1. The first kappa shape index (κ1) is 17.4. The fraction of sp³-hybridized carbons (Fsp3) is 0.0952. The number of nitrogens with one attached hydrogen (secondary N) is 1. The molecule has 4 aromatic rings. The van der Waals surface area contributed by atoms with Crippen LogP contribution in [0.3, 0.4) is 0 Å². The molecule has 3 N–H and O–H groups in total. The number of nitrogen functional groups attached to an aromatic ring is 1. The van der Waals surface area contributed by atoms with Gasteiger partial charge in [-0.15, -0.1) is 0 Å². The predicted molar refractivity (Wildman–Crippen MR) is 108 cm³/mol. The molecule has 2 heterocycles. The van der Waals surface area contributed by atoms with Gasteiger partial charge in [0.05, 0.1) is 11.2 Å². The molecule has 0 radical (unpaired) electrons. The molecule has 0 atom stereocenters. The van der Waals surface area contributed by atoms with E-state index in [1.54, 1.807) is 0 Å². The molecule has 0 saturated carbocycles. The SMILES string of the molecule is N#Cc1c(N)ncnc1NCCc1nnc2ccccc2c1-c1ccccc1. The van der Waals surface area contributed by atoms with E-state index in [1.165, 1.54) is 6.33 Å². The van der Waals surface area contributed by atoms with E-state index in [0.29, 0.717) is 18.8 Å². The molecule has 0 aliphatic carbocycles. The quantitative estimate of drug-likeness (QED) is 0.557. The number of anilines is 2. The lowest BCUT2D eigenvalue weighted by molar-refractivity contribution is 0.903. The number of hydrogen-bond donors (Lipinski definition) is 2. The van der Waals surface area contributed by atoms with Crippen molar-refractivity contribution in [2.24, 2.45) is 0 Å². The smallest absolute Gasteiger partial charge is 0.149 e. The Labute approximate surface area is 161 Å². The highest BCUT2D eigenvalue weighted by molar-refractivity contribution is 5.95. The highest BCUT2D eigenvalue weighted by Gasteiger charge is 2.13. The zero-order valence-electron chi connectivity index (χ0n) is 15.0. The van der Waals surface area contributed by atoms with Crippen molar-refractivity contribution in [1.82, 2.24) is 20.2 Å². The van der Waals surface area contributed by atoms with Crippen LogP contribution in [-0.2, 0) is 6.42 Å². The van der Waals surface area contributed by atoms with Crippen LogP contribution in [0.1, 0.15) is 11.3 Å². The van der Waals surface area contributed by atoms with Crippen LogP contribution < -0.4 is 11.1 Å². The van der Waals surface area contributed by atoms with Gasteiger partial charge in [-0.25, -0.2) is 9.97 Å². The topological polar surface area (TPSA) is 113 Å². The summed E-state index contributed by atoms with van der Waals surface area (Å²) in [6, 6.07) is 20.2. The van der Waals surface area contributed by atoms with E-state index in [0.717, 1.165) is 27.7 Å². The molecule has 0 aliphatic heterocycles. The largest absolute Gasteiger partial charge is 0.382 e. The lowest BCUT2D eigenvalue weighted by Crippen LogP contribution is -2.11. The van der Waals surface area contributed by atoms with Crippen LogP contribution in [0.2, 0.25) is 0 Å². The number of nitrogens with two attached hydrogens (primary N) is 1. The van der Waals surface area contributed by atoms with Crippen molar-refractivity contribution in [3.05, 3.63) is 72.2 Å². The molecule has 0 unspecified atom stereocenters. The summed E-state index contributed by atoms with van der Waals surface area (Å²) in [6.45, 7) is 0.526. The van der Waals surface area contributed by atoms with Crippen molar-refractivity contribution in [2.75, 3.05) is 17.6 Å². The average Bonchev–Trinajstić information content (AvgIpc) is 2.74. The number of nitrogens with zero attached hydrogens (tertiary/aromatic N) is 5. The zero-order chi connectivity index (χ0) is 19.3. The van der Waals surface area contributed by atoms with Crippen molar-refractivity contribution >= 4 is 22.5 Å². The van der Waals surface area contributed by atoms with Gasteiger partial charge in [0.15, 0.2) is 0 Å². The van der Waals surface area contributed by atoms with Crippen LogP contribution in [0.25, 0.3) is 22.0 Å². The Morgan fingerprint density at radius 3 is 2.57 bits per heavy atom. The third kappa shape index (κ3) is 3.31. The molecule has 136 valence electrons. The first-order valence-corrected chi connectivity index (χ1v) is 8.82. The van der Waals surface area contributed by atoms with Gasteiger partial charge >= 0.3 is 0 Å². The maximum Gasteiger partial charge on any atom is 0.149 e.